The smallest absolute Gasteiger partial charge is 0.244 e. The average Bonchev–Trinajstić information content (AvgIpc) is 3.14. The van der Waals surface area contributed by atoms with Crippen LogP contribution < -0.4 is 0 Å². The summed E-state index contributed by atoms with van der Waals surface area (Å²) in [4.78, 5) is 11.8. The maximum absolute atomic E-state index is 13.6. The zero-order valence-electron chi connectivity index (χ0n) is 15.2. The third kappa shape index (κ3) is 4.18. The molecule has 3 heterocycles. The van der Waals surface area contributed by atoms with Crippen molar-refractivity contribution in [3.8, 4) is 23.1 Å². The van der Waals surface area contributed by atoms with Crippen LogP contribution in [0.25, 0.3) is 16.9 Å². The van der Waals surface area contributed by atoms with E-state index in [1.54, 1.807) is 0 Å². The molecular formula is C20H9F6N5. The molecule has 4 rings (SSSR count). The number of hydrogen-bond acceptors (Lipinski definition) is 4. The van der Waals surface area contributed by atoms with Gasteiger partial charge in [0.05, 0.1) is 28.6 Å². The molecule has 0 unspecified atom stereocenters. The Kier molecular flexibility index (Phi) is 4.85. The van der Waals surface area contributed by atoms with Crippen LogP contribution in [0.1, 0.15) is 22.4 Å². The summed E-state index contributed by atoms with van der Waals surface area (Å²) in [6.45, 7) is 0. The van der Waals surface area contributed by atoms with Crippen LogP contribution in [0, 0.1) is 11.8 Å². The maximum Gasteiger partial charge on any atom is 0.433 e. The Balaban J connectivity index is 1.86. The fourth-order valence-electron chi connectivity index (χ4n) is 2.73. The van der Waals surface area contributed by atoms with Gasteiger partial charge in [0.15, 0.2) is 11.3 Å². The van der Waals surface area contributed by atoms with E-state index in [-0.39, 0.29) is 22.5 Å². The minimum Gasteiger partial charge on any atom is -0.244 e. The maximum atomic E-state index is 13.6. The summed E-state index contributed by atoms with van der Waals surface area (Å²) in [6.07, 6.45) is -4.07. The number of fused-ring (bicyclic) bond motifs is 1. The van der Waals surface area contributed by atoms with Gasteiger partial charge in [-0.3, -0.25) is 0 Å². The van der Waals surface area contributed by atoms with Crippen molar-refractivity contribution in [2.75, 3.05) is 0 Å². The minimum atomic E-state index is -4.79. The molecule has 0 atom stereocenters. The van der Waals surface area contributed by atoms with Crippen LogP contribution in [0.15, 0.2) is 55.2 Å². The lowest BCUT2D eigenvalue weighted by Crippen LogP contribution is -2.13. The number of rotatable bonds is 1. The van der Waals surface area contributed by atoms with E-state index in [0.717, 1.165) is 36.5 Å². The molecule has 0 aliphatic carbocycles. The second-order valence-corrected chi connectivity index (χ2v) is 6.27. The first-order chi connectivity index (χ1) is 14.6. The van der Waals surface area contributed by atoms with Crippen molar-refractivity contribution in [3.05, 3.63) is 77.6 Å². The van der Waals surface area contributed by atoms with Crippen LogP contribution in [-0.2, 0) is 12.4 Å². The fourth-order valence-corrected chi connectivity index (χ4v) is 2.73. The second kappa shape index (κ2) is 7.39. The van der Waals surface area contributed by atoms with E-state index < -0.39 is 23.6 Å². The molecular weight excluding hydrogens is 424 g/mol. The van der Waals surface area contributed by atoms with Gasteiger partial charge in [-0.15, -0.1) is 0 Å². The topological polar surface area (TPSA) is 56.0 Å². The number of hydrogen-bond donors (Lipinski definition) is 0. The fraction of sp³-hybridized carbons (Fsp3) is 0.100. The van der Waals surface area contributed by atoms with Crippen molar-refractivity contribution >= 4 is 5.65 Å². The molecule has 0 amide bonds. The van der Waals surface area contributed by atoms with E-state index in [1.165, 1.54) is 18.7 Å². The summed E-state index contributed by atoms with van der Waals surface area (Å²) in [6, 6.07) is 4.41. The lowest BCUT2D eigenvalue weighted by atomic mass is 10.1. The summed E-state index contributed by atoms with van der Waals surface area (Å²) in [7, 11) is 0. The number of aromatic nitrogens is 5. The molecule has 31 heavy (non-hydrogen) atoms. The molecule has 5 nitrogen and oxygen atoms in total. The molecule has 0 saturated carbocycles. The van der Waals surface area contributed by atoms with Gasteiger partial charge < -0.3 is 0 Å². The number of alkyl halides is 6. The number of benzene rings is 1. The van der Waals surface area contributed by atoms with Crippen LogP contribution >= 0.6 is 0 Å². The highest BCUT2D eigenvalue weighted by Crippen LogP contribution is 2.34. The summed E-state index contributed by atoms with van der Waals surface area (Å²) in [5.74, 6) is 5.38. The predicted molar refractivity (Wildman–Crippen MR) is 96.4 cm³/mol. The van der Waals surface area contributed by atoms with Crippen molar-refractivity contribution in [3.63, 3.8) is 0 Å². The number of halogens is 6. The van der Waals surface area contributed by atoms with Crippen LogP contribution in [0.2, 0.25) is 0 Å². The van der Waals surface area contributed by atoms with Gasteiger partial charge in [-0.1, -0.05) is 24.0 Å². The quantitative estimate of drug-likeness (QED) is 0.325. The van der Waals surface area contributed by atoms with E-state index >= 15 is 0 Å². The molecule has 0 N–H and O–H groups in total. The largest absolute Gasteiger partial charge is 0.433 e. The third-order valence-electron chi connectivity index (χ3n) is 4.17. The summed E-state index contributed by atoms with van der Waals surface area (Å²) in [5.41, 5.74) is -1.80. The van der Waals surface area contributed by atoms with E-state index in [1.807, 2.05) is 0 Å². The summed E-state index contributed by atoms with van der Waals surface area (Å²) in [5, 5.41) is 3.73. The molecule has 4 aromatic rings. The van der Waals surface area contributed by atoms with E-state index in [2.05, 4.69) is 31.9 Å². The van der Waals surface area contributed by atoms with Gasteiger partial charge in [-0.25, -0.2) is 19.5 Å². The van der Waals surface area contributed by atoms with Gasteiger partial charge in [0, 0.05) is 18.0 Å². The van der Waals surface area contributed by atoms with Crippen molar-refractivity contribution in [1.82, 2.24) is 24.6 Å². The molecule has 3 aromatic heterocycles. The average molecular weight is 433 g/mol. The van der Waals surface area contributed by atoms with Crippen LogP contribution in [0.4, 0.5) is 26.3 Å². The molecule has 0 aliphatic heterocycles. The molecule has 156 valence electrons. The first-order valence-corrected chi connectivity index (χ1v) is 8.53. The van der Waals surface area contributed by atoms with Crippen molar-refractivity contribution in [1.29, 1.82) is 0 Å². The monoisotopic (exact) mass is 433 g/mol. The first-order valence-electron chi connectivity index (χ1n) is 8.53. The molecule has 0 spiro atoms. The second-order valence-electron chi connectivity index (χ2n) is 6.27. The molecule has 0 bridgehead atoms. The molecule has 0 fully saturated rings. The van der Waals surface area contributed by atoms with E-state index in [4.69, 9.17) is 0 Å². The molecule has 1 aromatic carbocycles. The van der Waals surface area contributed by atoms with Gasteiger partial charge in [0.1, 0.15) is 6.33 Å². The van der Waals surface area contributed by atoms with Gasteiger partial charge >= 0.3 is 12.4 Å². The molecule has 0 radical (unpaired) electrons. The zero-order valence-corrected chi connectivity index (χ0v) is 15.2. The van der Waals surface area contributed by atoms with Crippen molar-refractivity contribution in [2.24, 2.45) is 0 Å². The Morgan fingerprint density at radius 1 is 0.806 bits per heavy atom. The van der Waals surface area contributed by atoms with Crippen molar-refractivity contribution in [2.45, 2.75) is 12.4 Å². The zero-order chi connectivity index (χ0) is 22.2. The van der Waals surface area contributed by atoms with E-state index in [0.29, 0.717) is 10.1 Å². The van der Waals surface area contributed by atoms with Gasteiger partial charge in [-0.05, 0) is 18.2 Å². The van der Waals surface area contributed by atoms with E-state index in [9.17, 15) is 26.3 Å². The minimum absolute atomic E-state index is 0.0811. The van der Waals surface area contributed by atoms with Crippen LogP contribution in [-0.4, -0.2) is 24.6 Å². The van der Waals surface area contributed by atoms with Crippen molar-refractivity contribution < 1.29 is 26.3 Å². The van der Waals surface area contributed by atoms with Gasteiger partial charge in [-0.2, -0.15) is 31.4 Å². The standard InChI is InChI=1S/C20H9F6N5/c21-19(22,23)15-5-3-13(4-6-15)16-7-17(20(24,25)26)31-18(30-16)14(10-29-31)2-1-12-8-27-11-28-9-12/h3-11H. The Labute approximate surface area is 170 Å². The Bertz CT molecular complexity index is 1300. The summed E-state index contributed by atoms with van der Waals surface area (Å²) >= 11 is 0. The van der Waals surface area contributed by atoms with Gasteiger partial charge in [0.25, 0.3) is 0 Å². The lowest BCUT2D eigenvalue weighted by molar-refractivity contribution is -0.142. The molecule has 11 heteroatoms. The Hall–Kier alpha value is -3.94. The normalized spacial score (nSPS) is 11.9. The first kappa shape index (κ1) is 20.3. The molecule has 0 saturated heterocycles. The van der Waals surface area contributed by atoms with Crippen LogP contribution in [0.3, 0.4) is 0 Å². The third-order valence-corrected chi connectivity index (χ3v) is 4.17. The van der Waals surface area contributed by atoms with Gasteiger partial charge in [0.2, 0.25) is 0 Å². The lowest BCUT2D eigenvalue weighted by Gasteiger charge is -2.12. The Morgan fingerprint density at radius 2 is 1.48 bits per heavy atom. The SMILES string of the molecule is FC(F)(F)c1ccc(-c2cc(C(F)(F)F)n3ncc(C#Cc4cncnc4)c3n2)cc1. The van der Waals surface area contributed by atoms with Crippen LogP contribution in [0.5, 0.6) is 0 Å². The molecule has 0 aliphatic rings. The summed E-state index contributed by atoms with van der Waals surface area (Å²) < 4.78 is 79.8. The highest BCUT2D eigenvalue weighted by atomic mass is 19.4. The Morgan fingerprint density at radius 3 is 2.10 bits per heavy atom. The highest BCUT2D eigenvalue weighted by Gasteiger charge is 2.36. The predicted octanol–water partition coefficient (Wildman–Crippen LogP) is 4.62. The number of nitrogens with zero attached hydrogens (tertiary/aromatic N) is 5. The highest BCUT2D eigenvalue weighted by molar-refractivity contribution is 5.67.